The van der Waals surface area contributed by atoms with Crippen LogP contribution < -0.4 is 10.6 Å². The summed E-state index contributed by atoms with van der Waals surface area (Å²) in [4.78, 5) is 14.1. The molecule has 1 saturated heterocycles. The van der Waals surface area contributed by atoms with Gasteiger partial charge in [0.05, 0.1) is 6.04 Å². The summed E-state index contributed by atoms with van der Waals surface area (Å²) in [5.41, 5.74) is 0. The molecule has 1 rings (SSSR count). The Morgan fingerprint density at radius 1 is 1.58 bits per heavy atom. The maximum atomic E-state index is 12.0. The molecule has 0 aliphatic carbocycles. The van der Waals surface area contributed by atoms with Gasteiger partial charge in [0, 0.05) is 26.8 Å². The van der Waals surface area contributed by atoms with Gasteiger partial charge in [-0.1, -0.05) is 0 Å². The molecule has 2 N–H and O–H groups in total. The van der Waals surface area contributed by atoms with E-state index in [0.717, 1.165) is 26.1 Å². The lowest BCUT2D eigenvalue weighted by atomic mass is 9.99. The predicted molar refractivity (Wildman–Crippen MR) is 77.2 cm³/mol. The van der Waals surface area contributed by atoms with Gasteiger partial charge in [-0.2, -0.15) is 0 Å². The average molecular weight is 271 g/mol. The highest BCUT2D eigenvalue weighted by atomic mass is 16.5. The Bertz CT molecular complexity index is 255. The Kier molecular flexibility index (Phi) is 8.02. The third kappa shape index (κ3) is 6.36. The molecule has 2 unspecified atom stereocenters. The van der Waals surface area contributed by atoms with Gasteiger partial charge in [-0.05, 0) is 52.2 Å². The van der Waals surface area contributed by atoms with Crippen molar-refractivity contribution in [3.05, 3.63) is 0 Å². The molecule has 1 fully saturated rings. The van der Waals surface area contributed by atoms with Gasteiger partial charge >= 0.3 is 0 Å². The molecule has 0 aromatic rings. The van der Waals surface area contributed by atoms with Crippen LogP contribution in [-0.4, -0.2) is 63.8 Å². The van der Waals surface area contributed by atoms with Crippen molar-refractivity contribution in [3.8, 4) is 0 Å². The number of piperidine rings is 1. The molecule has 5 nitrogen and oxygen atoms in total. The molecule has 19 heavy (non-hydrogen) atoms. The van der Waals surface area contributed by atoms with Crippen molar-refractivity contribution in [3.63, 3.8) is 0 Å². The quantitative estimate of drug-likeness (QED) is 0.630. The van der Waals surface area contributed by atoms with Crippen LogP contribution in [0.2, 0.25) is 0 Å². The number of hydrogen-bond donors (Lipinski definition) is 2. The highest BCUT2D eigenvalue weighted by molar-refractivity contribution is 5.81. The van der Waals surface area contributed by atoms with Crippen molar-refractivity contribution in [1.29, 1.82) is 0 Å². The van der Waals surface area contributed by atoms with Crippen molar-refractivity contribution in [2.75, 3.05) is 46.9 Å². The zero-order valence-corrected chi connectivity index (χ0v) is 12.6. The fraction of sp³-hybridized carbons (Fsp3) is 0.929. The largest absolute Gasteiger partial charge is 0.385 e. The number of nitrogens with zero attached hydrogens (tertiary/aromatic N) is 1. The summed E-state index contributed by atoms with van der Waals surface area (Å²) in [6, 6.07) is -0.0653. The smallest absolute Gasteiger partial charge is 0.237 e. The Balaban J connectivity index is 2.21. The Labute approximate surface area is 117 Å². The van der Waals surface area contributed by atoms with Crippen LogP contribution in [0.3, 0.4) is 0 Å². The van der Waals surface area contributed by atoms with Crippen LogP contribution >= 0.6 is 0 Å². The summed E-state index contributed by atoms with van der Waals surface area (Å²) in [5.74, 6) is 0.782. The number of carbonyl (C=O) groups is 1. The predicted octanol–water partition coefficient (Wildman–Crippen LogP) is 0.459. The SMILES string of the molecule is COCCCNC(=O)C(C)N(C)CC1CCCNC1. The van der Waals surface area contributed by atoms with E-state index in [2.05, 4.69) is 15.5 Å². The van der Waals surface area contributed by atoms with E-state index in [1.165, 1.54) is 12.8 Å². The molecule has 2 atom stereocenters. The minimum atomic E-state index is -0.0653. The van der Waals surface area contributed by atoms with Gasteiger partial charge in [-0.3, -0.25) is 9.69 Å². The summed E-state index contributed by atoms with van der Waals surface area (Å²) in [6.07, 6.45) is 3.38. The van der Waals surface area contributed by atoms with Crippen molar-refractivity contribution < 1.29 is 9.53 Å². The van der Waals surface area contributed by atoms with E-state index in [1.54, 1.807) is 7.11 Å². The number of nitrogens with one attached hydrogen (secondary N) is 2. The van der Waals surface area contributed by atoms with E-state index in [4.69, 9.17) is 4.74 Å². The topological polar surface area (TPSA) is 53.6 Å². The molecule has 112 valence electrons. The standard InChI is InChI=1S/C14H29N3O2/c1-12(14(18)16-8-5-9-19-3)17(2)11-13-6-4-7-15-10-13/h12-13,15H,4-11H2,1-3H3,(H,16,18). The van der Waals surface area contributed by atoms with Crippen LogP contribution in [0.1, 0.15) is 26.2 Å². The first-order chi connectivity index (χ1) is 9.15. The first-order valence-corrected chi connectivity index (χ1v) is 7.32. The lowest BCUT2D eigenvalue weighted by molar-refractivity contribution is -0.125. The highest BCUT2D eigenvalue weighted by Gasteiger charge is 2.21. The third-order valence-electron chi connectivity index (χ3n) is 3.81. The van der Waals surface area contributed by atoms with Gasteiger partial charge in [0.1, 0.15) is 0 Å². The Hall–Kier alpha value is -0.650. The molecule has 1 aliphatic heterocycles. The van der Waals surface area contributed by atoms with Gasteiger partial charge in [0.2, 0.25) is 5.91 Å². The number of ether oxygens (including phenoxy) is 1. The van der Waals surface area contributed by atoms with Gasteiger partial charge in [-0.25, -0.2) is 0 Å². The molecule has 0 radical (unpaired) electrons. The Morgan fingerprint density at radius 2 is 2.37 bits per heavy atom. The van der Waals surface area contributed by atoms with Crippen molar-refractivity contribution in [2.45, 2.75) is 32.2 Å². The summed E-state index contributed by atoms with van der Waals surface area (Å²) in [7, 11) is 3.71. The molecule has 0 aromatic heterocycles. The number of likely N-dealkylation sites (N-methyl/N-ethyl adjacent to an activating group) is 1. The van der Waals surface area contributed by atoms with Crippen molar-refractivity contribution in [2.24, 2.45) is 5.92 Å². The maximum Gasteiger partial charge on any atom is 0.237 e. The zero-order valence-electron chi connectivity index (χ0n) is 12.6. The van der Waals surface area contributed by atoms with E-state index >= 15 is 0 Å². The molecule has 0 saturated carbocycles. The lowest BCUT2D eigenvalue weighted by Crippen LogP contribution is -2.47. The van der Waals surface area contributed by atoms with E-state index in [9.17, 15) is 4.79 Å². The molecule has 1 amide bonds. The summed E-state index contributed by atoms with van der Waals surface area (Å²) < 4.78 is 4.96. The minimum absolute atomic E-state index is 0.0653. The number of amides is 1. The number of carbonyl (C=O) groups excluding carboxylic acids is 1. The van der Waals surface area contributed by atoms with Gasteiger partial charge in [0.15, 0.2) is 0 Å². The number of methoxy groups -OCH3 is 1. The lowest BCUT2D eigenvalue weighted by Gasteiger charge is -2.30. The molecule has 1 aliphatic rings. The van der Waals surface area contributed by atoms with E-state index < -0.39 is 0 Å². The normalized spacial score (nSPS) is 21.4. The fourth-order valence-electron chi connectivity index (χ4n) is 2.42. The highest BCUT2D eigenvalue weighted by Crippen LogP contribution is 2.12. The monoisotopic (exact) mass is 271 g/mol. The second kappa shape index (κ2) is 9.28. The second-order valence-corrected chi connectivity index (χ2v) is 5.47. The average Bonchev–Trinajstić information content (AvgIpc) is 2.43. The molecule has 5 heteroatoms. The van der Waals surface area contributed by atoms with Crippen molar-refractivity contribution in [1.82, 2.24) is 15.5 Å². The second-order valence-electron chi connectivity index (χ2n) is 5.47. The van der Waals surface area contributed by atoms with E-state index in [1.807, 2.05) is 14.0 Å². The number of hydrogen-bond acceptors (Lipinski definition) is 4. The fourth-order valence-corrected chi connectivity index (χ4v) is 2.42. The maximum absolute atomic E-state index is 12.0. The molecule has 1 heterocycles. The summed E-state index contributed by atoms with van der Waals surface area (Å²) in [6.45, 7) is 6.55. The van der Waals surface area contributed by atoms with Crippen LogP contribution in [0.5, 0.6) is 0 Å². The molecule has 0 spiro atoms. The molecular weight excluding hydrogens is 242 g/mol. The van der Waals surface area contributed by atoms with Gasteiger partial charge in [0.25, 0.3) is 0 Å². The van der Waals surface area contributed by atoms with Gasteiger partial charge < -0.3 is 15.4 Å². The van der Waals surface area contributed by atoms with Crippen LogP contribution in [0.25, 0.3) is 0 Å². The first-order valence-electron chi connectivity index (χ1n) is 7.32. The molecular formula is C14H29N3O2. The van der Waals surface area contributed by atoms with E-state index in [0.29, 0.717) is 19.1 Å². The zero-order chi connectivity index (χ0) is 14.1. The van der Waals surface area contributed by atoms with Crippen LogP contribution in [0, 0.1) is 5.92 Å². The van der Waals surface area contributed by atoms with Crippen LogP contribution in [-0.2, 0) is 9.53 Å². The van der Waals surface area contributed by atoms with Crippen LogP contribution in [0.15, 0.2) is 0 Å². The third-order valence-corrected chi connectivity index (χ3v) is 3.81. The summed E-state index contributed by atoms with van der Waals surface area (Å²) >= 11 is 0. The van der Waals surface area contributed by atoms with Crippen LogP contribution in [0.4, 0.5) is 0 Å². The summed E-state index contributed by atoms with van der Waals surface area (Å²) in [5, 5.41) is 6.37. The minimum Gasteiger partial charge on any atom is -0.385 e. The number of rotatable bonds is 8. The van der Waals surface area contributed by atoms with E-state index in [-0.39, 0.29) is 11.9 Å². The van der Waals surface area contributed by atoms with Gasteiger partial charge in [-0.15, -0.1) is 0 Å². The molecule has 0 bridgehead atoms. The molecule has 0 aromatic carbocycles. The Morgan fingerprint density at radius 3 is 3.00 bits per heavy atom. The first kappa shape index (κ1) is 16.4. The van der Waals surface area contributed by atoms with Crippen molar-refractivity contribution >= 4 is 5.91 Å².